The summed E-state index contributed by atoms with van der Waals surface area (Å²) in [5.74, 6) is 2.02. The average molecular weight is 899 g/mol. The molecule has 69 heavy (non-hydrogen) atoms. The van der Waals surface area contributed by atoms with Gasteiger partial charge in [-0.1, -0.05) is 106 Å². The van der Waals surface area contributed by atoms with Crippen LogP contribution in [0.15, 0.2) is 148 Å². The molecule has 340 valence electrons. The monoisotopic (exact) mass is 898 g/mol. The summed E-state index contributed by atoms with van der Waals surface area (Å²) in [6.45, 7) is 22.8. The number of hydrogen-bond acceptors (Lipinski definition) is 2. The van der Waals surface area contributed by atoms with Crippen molar-refractivity contribution in [1.29, 1.82) is 0 Å². The summed E-state index contributed by atoms with van der Waals surface area (Å²) in [5, 5.41) is 14.4. The SMILES string of the molecule is CC(C)c1ccc2c(c1)c1cc(C(C)C)ccc1n2-c1ccc2cc3c(cc2c1)oc1c(C(C)C)c2c(cc13)oc1cc3cc(-n4c5ccc(C(C)C)cc5c5cc(C(C)C)ccc54)ccc3cc12. The smallest absolute Gasteiger partial charge is 0.139 e. The Morgan fingerprint density at radius 3 is 1.12 bits per heavy atom. The number of aromatic nitrogens is 2. The zero-order valence-corrected chi connectivity index (χ0v) is 41.4. The maximum absolute atomic E-state index is 7.03. The second-order valence-electron chi connectivity index (χ2n) is 21.6. The molecule has 0 spiro atoms. The minimum Gasteiger partial charge on any atom is -0.456 e. The molecule has 4 heteroatoms. The maximum Gasteiger partial charge on any atom is 0.139 e. The molecular weight excluding hydrogens is 841 g/mol. The molecule has 0 aliphatic heterocycles. The zero-order valence-electron chi connectivity index (χ0n) is 41.4. The van der Waals surface area contributed by atoms with Crippen molar-refractivity contribution in [2.75, 3.05) is 0 Å². The molecule has 0 fully saturated rings. The van der Waals surface area contributed by atoms with Gasteiger partial charge in [-0.25, -0.2) is 0 Å². The van der Waals surface area contributed by atoms with Gasteiger partial charge >= 0.3 is 0 Å². The second-order valence-corrected chi connectivity index (χ2v) is 21.6. The third-order valence-corrected chi connectivity index (χ3v) is 15.5. The topological polar surface area (TPSA) is 36.1 Å². The van der Waals surface area contributed by atoms with E-state index in [-0.39, 0.29) is 5.92 Å². The maximum atomic E-state index is 7.03. The highest BCUT2D eigenvalue weighted by atomic mass is 16.3. The summed E-state index contributed by atoms with van der Waals surface area (Å²) in [6.07, 6.45) is 0. The first-order valence-corrected chi connectivity index (χ1v) is 25.2. The molecule has 4 heterocycles. The van der Waals surface area contributed by atoms with Gasteiger partial charge in [-0.05, 0) is 177 Å². The Hall–Kier alpha value is -7.30. The van der Waals surface area contributed by atoms with Crippen molar-refractivity contribution in [1.82, 2.24) is 9.13 Å². The van der Waals surface area contributed by atoms with Crippen LogP contribution in [0.5, 0.6) is 0 Å². The highest BCUT2D eigenvalue weighted by Crippen LogP contribution is 2.46. The first kappa shape index (κ1) is 41.9. The predicted molar refractivity (Wildman–Crippen MR) is 295 cm³/mol. The first-order valence-electron chi connectivity index (χ1n) is 25.2. The second kappa shape index (κ2) is 15.1. The Kier molecular flexibility index (Phi) is 9.16. The molecule has 0 aliphatic rings. The van der Waals surface area contributed by atoms with Crippen molar-refractivity contribution in [2.45, 2.75) is 98.8 Å². The van der Waals surface area contributed by atoms with Gasteiger partial charge in [0.2, 0.25) is 0 Å². The number of fused-ring (bicyclic) bond motifs is 14. The fourth-order valence-electron chi connectivity index (χ4n) is 11.6. The Morgan fingerprint density at radius 2 is 0.710 bits per heavy atom. The summed E-state index contributed by atoms with van der Waals surface area (Å²) < 4.78 is 18.8. The molecule has 13 aromatic rings. The molecule has 0 amide bonds. The van der Waals surface area contributed by atoms with E-state index in [1.165, 1.54) is 82.2 Å². The fraction of sp³-hybridized carbons (Fsp3) is 0.231. The lowest BCUT2D eigenvalue weighted by Gasteiger charge is -2.11. The minimum atomic E-state index is 0.196. The van der Waals surface area contributed by atoms with Crippen LogP contribution >= 0.6 is 0 Å². The zero-order chi connectivity index (χ0) is 47.3. The lowest BCUT2D eigenvalue weighted by molar-refractivity contribution is 0.655. The Balaban J connectivity index is 0.953. The summed E-state index contributed by atoms with van der Waals surface area (Å²) in [4.78, 5) is 0. The van der Waals surface area contributed by atoms with Crippen LogP contribution < -0.4 is 0 Å². The molecule has 0 bridgehead atoms. The van der Waals surface area contributed by atoms with E-state index < -0.39 is 0 Å². The Labute approximate surface area is 402 Å². The van der Waals surface area contributed by atoms with Crippen molar-refractivity contribution in [3.05, 3.63) is 167 Å². The molecular formula is C65H58N2O2. The van der Waals surface area contributed by atoms with Crippen molar-refractivity contribution < 1.29 is 8.83 Å². The summed E-state index contributed by atoms with van der Waals surface area (Å²) in [7, 11) is 0. The molecule has 4 nitrogen and oxygen atoms in total. The number of nitrogens with zero attached hydrogens (tertiary/aromatic N) is 2. The molecule has 0 aliphatic carbocycles. The quantitative estimate of drug-likeness (QED) is 0.160. The van der Waals surface area contributed by atoms with Gasteiger partial charge in [-0.3, -0.25) is 0 Å². The highest BCUT2D eigenvalue weighted by molar-refractivity contribution is 6.21. The van der Waals surface area contributed by atoms with E-state index in [0.29, 0.717) is 23.7 Å². The van der Waals surface area contributed by atoms with E-state index in [0.717, 1.165) is 66.0 Å². The number of rotatable bonds is 7. The van der Waals surface area contributed by atoms with Gasteiger partial charge in [0.15, 0.2) is 0 Å². The van der Waals surface area contributed by atoms with Crippen LogP contribution in [0.1, 0.15) is 127 Å². The van der Waals surface area contributed by atoms with E-state index in [4.69, 9.17) is 8.83 Å². The van der Waals surface area contributed by atoms with E-state index in [1.807, 2.05) is 0 Å². The molecule has 13 rings (SSSR count). The van der Waals surface area contributed by atoms with Gasteiger partial charge in [0, 0.05) is 60.0 Å². The first-order chi connectivity index (χ1) is 33.3. The minimum absolute atomic E-state index is 0.196. The summed E-state index contributed by atoms with van der Waals surface area (Å²) in [6, 6.07) is 53.2. The Morgan fingerprint density at radius 1 is 0.304 bits per heavy atom. The van der Waals surface area contributed by atoms with Crippen molar-refractivity contribution in [2.24, 2.45) is 0 Å². The third-order valence-electron chi connectivity index (χ3n) is 15.5. The number of benzene rings is 9. The molecule has 0 N–H and O–H groups in total. The average Bonchev–Trinajstić information content (AvgIpc) is 4.07. The molecule has 4 aromatic heterocycles. The highest BCUT2D eigenvalue weighted by Gasteiger charge is 2.24. The van der Waals surface area contributed by atoms with Gasteiger partial charge in [0.25, 0.3) is 0 Å². The largest absolute Gasteiger partial charge is 0.456 e. The molecule has 0 unspecified atom stereocenters. The van der Waals surface area contributed by atoms with Gasteiger partial charge in [0.1, 0.15) is 22.3 Å². The van der Waals surface area contributed by atoms with Gasteiger partial charge in [-0.2, -0.15) is 0 Å². The lowest BCUT2D eigenvalue weighted by atomic mass is 9.93. The number of furan rings is 2. The number of hydrogen-bond donors (Lipinski definition) is 0. The van der Waals surface area contributed by atoms with E-state index in [1.54, 1.807) is 0 Å². The van der Waals surface area contributed by atoms with Crippen LogP contribution in [0.25, 0.3) is 120 Å². The van der Waals surface area contributed by atoms with E-state index in [2.05, 4.69) is 218 Å². The summed E-state index contributed by atoms with van der Waals surface area (Å²) >= 11 is 0. The van der Waals surface area contributed by atoms with Crippen LogP contribution in [0.4, 0.5) is 0 Å². The van der Waals surface area contributed by atoms with E-state index in [9.17, 15) is 0 Å². The van der Waals surface area contributed by atoms with Crippen LogP contribution in [0, 0.1) is 0 Å². The standard InChI is InChI=1S/C65H58N2O2/c1-34(2)39-13-19-56-49(25-39)50-26-40(35(3)4)14-20-57(50)66(56)47-17-11-43-29-53-54-33-62-64(63(38(9)10)65(54)69-60(53)31-45(43)23-47)55-30-44-12-18-48(24-46(44)32-61(55)68-62)67-58-21-15-41(36(5)6)27-51(58)52-28-42(37(7)8)16-22-59(52)67/h11-38H,1-10H3. The van der Waals surface area contributed by atoms with E-state index >= 15 is 0 Å². The molecule has 0 atom stereocenters. The molecule has 0 radical (unpaired) electrons. The molecule has 0 saturated heterocycles. The predicted octanol–water partition coefficient (Wildman–Crippen LogP) is 19.6. The van der Waals surface area contributed by atoms with Crippen LogP contribution in [-0.2, 0) is 0 Å². The van der Waals surface area contributed by atoms with Crippen LogP contribution in [0.2, 0.25) is 0 Å². The fourth-order valence-corrected chi connectivity index (χ4v) is 11.6. The van der Waals surface area contributed by atoms with Gasteiger partial charge in [0.05, 0.1) is 22.1 Å². The molecule has 9 aromatic carbocycles. The summed E-state index contributed by atoms with van der Waals surface area (Å²) in [5.41, 5.74) is 17.5. The third kappa shape index (κ3) is 6.27. The van der Waals surface area contributed by atoms with Gasteiger partial charge < -0.3 is 18.0 Å². The van der Waals surface area contributed by atoms with Crippen LogP contribution in [0.3, 0.4) is 0 Å². The van der Waals surface area contributed by atoms with Crippen molar-refractivity contribution in [3.8, 4) is 11.4 Å². The normalized spacial score (nSPS) is 12.9. The Bertz CT molecular complexity index is 4010. The van der Waals surface area contributed by atoms with Gasteiger partial charge in [-0.15, -0.1) is 0 Å². The molecule has 0 saturated carbocycles. The van der Waals surface area contributed by atoms with Crippen molar-refractivity contribution >= 4 is 109 Å². The van der Waals surface area contributed by atoms with Crippen LogP contribution in [-0.4, -0.2) is 9.13 Å². The lowest BCUT2D eigenvalue weighted by Crippen LogP contribution is -1.95. The van der Waals surface area contributed by atoms with Crippen molar-refractivity contribution in [3.63, 3.8) is 0 Å².